The van der Waals surface area contributed by atoms with Gasteiger partial charge in [-0.2, -0.15) is 0 Å². The lowest BCUT2D eigenvalue weighted by Crippen LogP contribution is -2.27. The second-order valence-electron chi connectivity index (χ2n) is 4.70. The molecule has 0 amide bonds. The van der Waals surface area contributed by atoms with E-state index in [9.17, 15) is 8.42 Å². The zero-order chi connectivity index (χ0) is 17.0. The minimum atomic E-state index is -3.82. The van der Waals surface area contributed by atoms with E-state index in [1.54, 1.807) is 43.3 Å². The van der Waals surface area contributed by atoms with Crippen LogP contribution in [0.1, 0.15) is 6.92 Å². The maximum absolute atomic E-state index is 12.9. The Morgan fingerprint density at radius 2 is 1.91 bits per heavy atom. The van der Waals surface area contributed by atoms with Gasteiger partial charge >= 0.3 is 0 Å². The minimum absolute atomic E-state index is 0.0252. The van der Waals surface area contributed by atoms with Gasteiger partial charge in [0.15, 0.2) is 0 Å². The van der Waals surface area contributed by atoms with Crippen molar-refractivity contribution in [3.05, 3.63) is 47.5 Å². The van der Waals surface area contributed by atoms with Gasteiger partial charge in [0.2, 0.25) is 0 Å². The fourth-order valence-electron chi connectivity index (χ4n) is 2.05. The van der Waals surface area contributed by atoms with Gasteiger partial charge in [0.25, 0.3) is 10.0 Å². The number of rotatable bonds is 6. The maximum Gasteiger partial charge on any atom is 0.267 e. The minimum Gasteiger partial charge on any atom is -0.497 e. The van der Waals surface area contributed by atoms with Crippen LogP contribution in [-0.4, -0.2) is 29.2 Å². The molecule has 5 nitrogen and oxygen atoms in total. The summed E-state index contributed by atoms with van der Waals surface area (Å²) in [6.45, 7) is 2.14. The molecule has 0 heterocycles. The molecule has 0 unspecified atom stereocenters. The van der Waals surface area contributed by atoms with E-state index >= 15 is 0 Å². The Morgan fingerprint density at radius 3 is 2.57 bits per heavy atom. The van der Waals surface area contributed by atoms with Gasteiger partial charge in [-0.15, -0.1) is 0 Å². The fraction of sp³-hybridized carbons (Fsp3) is 0.250. The third kappa shape index (κ3) is 3.71. The molecule has 0 aromatic heterocycles. The van der Waals surface area contributed by atoms with Crippen molar-refractivity contribution in [2.45, 2.75) is 11.8 Å². The van der Waals surface area contributed by atoms with Gasteiger partial charge < -0.3 is 9.47 Å². The maximum atomic E-state index is 12.9. The quantitative estimate of drug-likeness (QED) is 0.794. The zero-order valence-electron chi connectivity index (χ0n) is 13.1. The van der Waals surface area contributed by atoms with E-state index in [2.05, 4.69) is 0 Å². The number of benzene rings is 2. The first-order valence-corrected chi connectivity index (χ1v) is 8.77. The first-order valence-electron chi connectivity index (χ1n) is 6.95. The normalized spacial score (nSPS) is 11.1. The first-order chi connectivity index (χ1) is 10.9. The number of ether oxygens (including phenoxy) is 2. The summed E-state index contributed by atoms with van der Waals surface area (Å²) >= 11 is 5.96. The number of methoxy groups -OCH3 is 1. The van der Waals surface area contributed by atoms with Crippen LogP contribution in [0, 0.1) is 0 Å². The number of anilines is 1. The molecule has 0 N–H and O–H groups in total. The molecule has 0 aliphatic carbocycles. The van der Waals surface area contributed by atoms with Crippen LogP contribution in [0.4, 0.5) is 5.69 Å². The van der Waals surface area contributed by atoms with Gasteiger partial charge in [0.05, 0.1) is 19.4 Å². The third-order valence-electron chi connectivity index (χ3n) is 3.26. The first kappa shape index (κ1) is 17.4. The standard InChI is InChI=1S/C16H18ClNO4S/c1-4-22-15-9-8-12(17)10-16(15)23(19,20)18(2)13-6-5-7-14(11-13)21-3/h5-11H,4H2,1-3H3. The van der Waals surface area contributed by atoms with E-state index in [-0.39, 0.29) is 10.6 Å². The van der Waals surface area contributed by atoms with Gasteiger partial charge in [-0.3, -0.25) is 4.31 Å². The Kier molecular flexibility index (Phi) is 5.38. The molecule has 0 saturated heterocycles. The highest BCUT2D eigenvalue weighted by atomic mass is 35.5. The second-order valence-corrected chi connectivity index (χ2v) is 7.07. The summed E-state index contributed by atoms with van der Waals surface area (Å²) in [6.07, 6.45) is 0. The van der Waals surface area contributed by atoms with Gasteiger partial charge in [-0.1, -0.05) is 17.7 Å². The average Bonchev–Trinajstić information content (AvgIpc) is 2.56. The van der Waals surface area contributed by atoms with Crippen molar-refractivity contribution in [2.75, 3.05) is 25.1 Å². The lowest BCUT2D eigenvalue weighted by atomic mass is 10.3. The molecule has 124 valence electrons. The molecule has 2 rings (SSSR count). The molecule has 0 atom stereocenters. The van der Waals surface area contributed by atoms with Crippen LogP contribution in [0.15, 0.2) is 47.4 Å². The van der Waals surface area contributed by atoms with E-state index in [0.717, 1.165) is 0 Å². The largest absolute Gasteiger partial charge is 0.497 e. The summed E-state index contributed by atoms with van der Waals surface area (Å²) in [5, 5.41) is 0.325. The molecule has 7 heteroatoms. The van der Waals surface area contributed by atoms with Crippen LogP contribution >= 0.6 is 11.6 Å². The van der Waals surface area contributed by atoms with Crippen molar-refractivity contribution >= 4 is 27.3 Å². The lowest BCUT2D eigenvalue weighted by Gasteiger charge is -2.21. The molecule has 2 aromatic carbocycles. The smallest absolute Gasteiger partial charge is 0.267 e. The average molecular weight is 356 g/mol. The molecule has 0 bridgehead atoms. The number of hydrogen-bond acceptors (Lipinski definition) is 4. The zero-order valence-corrected chi connectivity index (χ0v) is 14.7. The van der Waals surface area contributed by atoms with Gasteiger partial charge in [-0.05, 0) is 37.3 Å². The summed E-state index contributed by atoms with van der Waals surface area (Å²) in [5.41, 5.74) is 0.478. The number of halogens is 1. The molecule has 0 fully saturated rings. The number of sulfonamides is 1. The highest BCUT2D eigenvalue weighted by Gasteiger charge is 2.26. The molecule has 0 spiro atoms. The van der Waals surface area contributed by atoms with Crippen molar-refractivity contribution in [3.63, 3.8) is 0 Å². The van der Waals surface area contributed by atoms with Crippen LogP contribution in [0.25, 0.3) is 0 Å². The van der Waals surface area contributed by atoms with E-state index in [1.165, 1.54) is 24.5 Å². The van der Waals surface area contributed by atoms with E-state index in [0.29, 0.717) is 23.1 Å². The molecular formula is C16H18ClNO4S. The molecule has 0 aliphatic heterocycles. The lowest BCUT2D eigenvalue weighted by molar-refractivity contribution is 0.331. The SMILES string of the molecule is CCOc1ccc(Cl)cc1S(=O)(=O)N(C)c1cccc(OC)c1. The van der Waals surface area contributed by atoms with Crippen molar-refractivity contribution in [1.29, 1.82) is 0 Å². The van der Waals surface area contributed by atoms with Crippen LogP contribution in [0.5, 0.6) is 11.5 Å². The monoisotopic (exact) mass is 355 g/mol. The Balaban J connectivity index is 2.50. The van der Waals surface area contributed by atoms with Crippen molar-refractivity contribution in [2.24, 2.45) is 0 Å². The van der Waals surface area contributed by atoms with Crippen molar-refractivity contribution in [3.8, 4) is 11.5 Å². The van der Waals surface area contributed by atoms with Crippen LogP contribution in [0.3, 0.4) is 0 Å². The van der Waals surface area contributed by atoms with E-state index in [4.69, 9.17) is 21.1 Å². The molecule has 0 aliphatic rings. The summed E-state index contributed by atoms with van der Waals surface area (Å²) in [7, 11) is -0.826. The molecule has 0 radical (unpaired) electrons. The summed E-state index contributed by atoms with van der Waals surface area (Å²) in [5.74, 6) is 0.840. The van der Waals surface area contributed by atoms with Crippen LogP contribution in [-0.2, 0) is 10.0 Å². The van der Waals surface area contributed by atoms with Gasteiger partial charge in [-0.25, -0.2) is 8.42 Å². The Bertz CT molecular complexity index is 792. The highest BCUT2D eigenvalue weighted by molar-refractivity contribution is 7.93. The molecule has 0 saturated carbocycles. The highest BCUT2D eigenvalue weighted by Crippen LogP contribution is 2.32. The fourth-order valence-corrected chi connectivity index (χ4v) is 3.63. The third-order valence-corrected chi connectivity index (χ3v) is 5.30. The predicted molar refractivity (Wildman–Crippen MR) is 91.2 cm³/mol. The summed E-state index contributed by atoms with van der Waals surface area (Å²) in [4.78, 5) is 0.0252. The van der Waals surface area contributed by atoms with Gasteiger partial charge in [0, 0.05) is 18.1 Å². The Morgan fingerprint density at radius 1 is 1.17 bits per heavy atom. The number of nitrogens with zero attached hydrogens (tertiary/aromatic N) is 1. The Hall–Kier alpha value is -1.92. The van der Waals surface area contributed by atoms with Crippen molar-refractivity contribution in [1.82, 2.24) is 0 Å². The topological polar surface area (TPSA) is 55.8 Å². The predicted octanol–water partition coefficient (Wildman–Crippen LogP) is 3.57. The summed E-state index contributed by atoms with van der Waals surface area (Å²) < 4.78 is 37.6. The second kappa shape index (κ2) is 7.10. The number of hydrogen-bond donors (Lipinski definition) is 0. The van der Waals surface area contributed by atoms with Crippen LogP contribution < -0.4 is 13.8 Å². The van der Waals surface area contributed by atoms with E-state index < -0.39 is 10.0 Å². The van der Waals surface area contributed by atoms with Crippen LogP contribution in [0.2, 0.25) is 5.02 Å². The molecule has 23 heavy (non-hydrogen) atoms. The van der Waals surface area contributed by atoms with E-state index in [1.807, 2.05) is 0 Å². The van der Waals surface area contributed by atoms with Crippen molar-refractivity contribution < 1.29 is 17.9 Å². The summed E-state index contributed by atoms with van der Waals surface area (Å²) in [6, 6.07) is 11.3. The molecule has 2 aromatic rings. The molecular weight excluding hydrogens is 338 g/mol. The Labute approximate surface area is 141 Å². The van der Waals surface area contributed by atoms with Gasteiger partial charge in [0.1, 0.15) is 16.4 Å².